The number of para-hydroxylation sites is 1. The van der Waals surface area contributed by atoms with Crippen molar-refractivity contribution in [2.24, 2.45) is 5.73 Å². The minimum atomic E-state index is -0.640. The van der Waals surface area contributed by atoms with Gasteiger partial charge in [0.15, 0.2) is 5.82 Å². The molecule has 3 aromatic heterocycles. The number of fused-ring (bicyclic) bond motifs is 3. The average molecular weight is 439 g/mol. The van der Waals surface area contributed by atoms with Gasteiger partial charge >= 0.3 is 0 Å². The van der Waals surface area contributed by atoms with Crippen LogP contribution in [0, 0.1) is 0 Å². The van der Waals surface area contributed by atoms with Gasteiger partial charge in [0, 0.05) is 23.0 Å². The maximum atomic E-state index is 13.2. The van der Waals surface area contributed by atoms with Gasteiger partial charge in [0.2, 0.25) is 5.91 Å². The molecular formula is C25H21N5O3. The van der Waals surface area contributed by atoms with Crippen LogP contribution in [-0.2, 0) is 11.3 Å². The molecule has 3 heterocycles. The molecule has 164 valence electrons. The highest BCUT2D eigenvalue weighted by molar-refractivity contribution is 6.05. The van der Waals surface area contributed by atoms with Crippen molar-refractivity contribution in [3.05, 3.63) is 89.0 Å². The Kier molecular flexibility index (Phi) is 5.10. The third-order valence-corrected chi connectivity index (χ3v) is 5.53. The first-order chi connectivity index (χ1) is 16.0. The highest BCUT2D eigenvalue weighted by atomic mass is 16.3. The van der Waals surface area contributed by atoms with E-state index in [1.807, 2.05) is 43.3 Å². The number of nitrogens with one attached hydrogen (secondary N) is 1. The lowest BCUT2D eigenvalue weighted by Crippen LogP contribution is -2.32. The molecular weight excluding hydrogens is 418 g/mol. The molecule has 33 heavy (non-hydrogen) atoms. The van der Waals surface area contributed by atoms with E-state index >= 15 is 0 Å². The van der Waals surface area contributed by atoms with Crippen LogP contribution in [-0.4, -0.2) is 20.4 Å². The van der Waals surface area contributed by atoms with Gasteiger partial charge in [0.25, 0.3) is 5.56 Å². The van der Waals surface area contributed by atoms with E-state index in [2.05, 4.69) is 21.4 Å². The number of anilines is 1. The Balaban J connectivity index is 1.51. The van der Waals surface area contributed by atoms with E-state index in [4.69, 9.17) is 10.2 Å². The van der Waals surface area contributed by atoms with Crippen molar-refractivity contribution in [3.8, 4) is 11.5 Å². The van der Waals surface area contributed by atoms with Gasteiger partial charge in [-0.05, 0) is 42.8 Å². The van der Waals surface area contributed by atoms with Crippen LogP contribution in [0.1, 0.15) is 18.5 Å². The summed E-state index contributed by atoms with van der Waals surface area (Å²) in [6, 6.07) is 18.9. The van der Waals surface area contributed by atoms with Gasteiger partial charge in [-0.15, -0.1) is 0 Å². The van der Waals surface area contributed by atoms with E-state index in [0.29, 0.717) is 5.69 Å². The number of aromatic nitrogens is 3. The Bertz CT molecular complexity index is 1540. The Morgan fingerprint density at radius 1 is 1.06 bits per heavy atom. The molecule has 8 heteroatoms. The largest absolute Gasteiger partial charge is 0.456 e. The summed E-state index contributed by atoms with van der Waals surface area (Å²) < 4.78 is 7.14. The van der Waals surface area contributed by atoms with Crippen molar-refractivity contribution in [1.29, 1.82) is 0 Å². The molecule has 0 saturated carbocycles. The van der Waals surface area contributed by atoms with Crippen LogP contribution >= 0.6 is 0 Å². The fourth-order valence-electron chi connectivity index (χ4n) is 3.92. The van der Waals surface area contributed by atoms with Crippen molar-refractivity contribution >= 4 is 33.5 Å². The normalized spacial score (nSPS) is 12.2. The summed E-state index contributed by atoms with van der Waals surface area (Å²) >= 11 is 0. The van der Waals surface area contributed by atoms with Gasteiger partial charge in [-0.25, -0.2) is 4.98 Å². The lowest BCUT2D eigenvalue weighted by Gasteiger charge is -2.17. The SMILES string of the molecule is CC(Nc1cnc(-c2ccccn2)n(CC(N)=O)c1=O)c1ccc2oc3ccccc3c2c1. The summed E-state index contributed by atoms with van der Waals surface area (Å²) in [5.74, 6) is -0.359. The summed E-state index contributed by atoms with van der Waals surface area (Å²) in [6.07, 6.45) is 3.06. The molecule has 1 amide bonds. The third-order valence-electron chi connectivity index (χ3n) is 5.53. The molecule has 2 aromatic carbocycles. The van der Waals surface area contributed by atoms with E-state index in [1.54, 1.807) is 24.4 Å². The molecule has 5 rings (SSSR count). The summed E-state index contributed by atoms with van der Waals surface area (Å²) in [5, 5.41) is 5.26. The zero-order valence-electron chi connectivity index (χ0n) is 17.9. The average Bonchev–Trinajstić information content (AvgIpc) is 3.20. The summed E-state index contributed by atoms with van der Waals surface area (Å²) in [5.41, 5.74) is 8.35. The number of amides is 1. The first-order valence-corrected chi connectivity index (χ1v) is 10.5. The van der Waals surface area contributed by atoms with Gasteiger partial charge in [-0.3, -0.25) is 19.1 Å². The third kappa shape index (κ3) is 3.82. The van der Waals surface area contributed by atoms with E-state index < -0.39 is 11.5 Å². The van der Waals surface area contributed by atoms with Crippen LogP contribution in [0.4, 0.5) is 5.69 Å². The molecule has 1 unspecified atom stereocenters. The molecule has 0 spiro atoms. The van der Waals surface area contributed by atoms with Crippen molar-refractivity contribution in [2.75, 3.05) is 5.32 Å². The van der Waals surface area contributed by atoms with Crippen molar-refractivity contribution < 1.29 is 9.21 Å². The van der Waals surface area contributed by atoms with Crippen LogP contribution in [0.5, 0.6) is 0 Å². The topological polar surface area (TPSA) is 116 Å². The standard InChI is InChI=1S/C25H21N5O3/c1-15(16-9-10-22-18(12-16)17-6-2-3-8-21(17)33-22)29-20-13-28-24(19-7-4-5-11-27-19)30(25(20)32)14-23(26)31/h2-13,15,29H,14H2,1H3,(H2,26,31). The first kappa shape index (κ1) is 20.4. The summed E-state index contributed by atoms with van der Waals surface area (Å²) in [4.78, 5) is 33.5. The number of hydrogen-bond donors (Lipinski definition) is 2. The van der Waals surface area contributed by atoms with Crippen molar-refractivity contribution in [1.82, 2.24) is 14.5 Å². The Morgan fingerprint density at radius 2 is 1.85 bits per heavy atom. The molecule has 0 fully saturated rings. The van der Waals surface area contributed by atoms with E-state index in [1.165, 1.54) is 10.8 Å². The lowest BCUT2D eigenvalue weighted by molar-refractivity contribution is -0.118. The van der Waals surface area contributed by atoms with Crippen LogP contribution in [0.2, 0.25) is 0 Å². The fraction of sp³-hybridized carbons (Fsp3) is 0.120. The van der Waals surface area contributed by atoms with Gasteiger partial charge in [0.05, 0.1) is 6.20 Å². The second-order valence-electron chi connectivity index (χ2n) is 7.79. The maximum Gasteiger partial charge on any atom is 0.277 e. The predicted molar refractivity (Wildman–Crippen MR) is 127 cm³/mol. The Morgan fingerprint density at radius 3 is 2.64 bits per heavy atom. The monoisotopic (exact) mass is 439 g/mol. The number of primary amides is 1. The molecule has 3 N–H and O–H groups in total. The number of benzene rings is 2. The number of hydrogen-bond acceptors (Lipinski definition) is 6. The number of carbonyl (C=O) groups excluding carboxylic acids is 1. The van der Waals surface area contributed by atoms with Crippen molar-refractivity contribution in [3.63, 3.8) is 0 Å². The van der Waals surface area contributed by atoms with Gasteiger partial charge < -0.3 is 15.5 Å². The highest BCUT2D eigenvalue weighted by Gasteiger charge is 2.17. The lowest BCUT2D eigenvalue weighted by atomic mass is 10.0. The van der Waals surface area contributed by atoms with E-state index in [-0.39, 0.29) is 24.1 Å². The molecule has 0 saturated heterocycles. The first-order valence-electron chi connectivity index (χ1n) is 10.5. The molecule has 0 radical (unpaired) electrons. The number of nitrogens with zero attached hydrogens (tertiary/aromatic N) is 3. The van der Waals surface area contributed by atoms with Gasteiger partial charge in [-0.1, -0.05) is 30.3 Å². The Labute approximate surface area is 188 Å². The van der Waals surface area contributed by atoms with E-state index in [9.17, 15) is 9.59 Å². The minimum absolute atomic E-state index is 0.208. The number of furan rings is 1. The second kappa shape index (κ2) is 8.23. The Hall–Kier alpha value is -4.46. The van der Waals surface area contributed by atoms with Gasteiger partial charge in [0.1, 0.15) is 29.1 Å². The molecule has 1 atom stereocenters. The fourth-order valence-corrected chi connectivity index (χ4v) is 3.92. The molecule has 0 aliphatic rings. The minimum Gasteiger partial charge on any atom is -0.456 e. The van der Waals surface area contributed by atoms with Crippen molar-refractivity contribution in [2.45, 2.75) is 19.5 Å². The molecule has 0 bridgehead atoms. The predicted octanol–water partition coefficient (Wildman–Crippen LogP) is 3.86. The maximum absolute atomic E-state index is 13.2. The summed E-state index contributed by atoms with van der Waals surface area (Å²) in [7, 11) is 0. The molecule has 8 nitrogen and oxygen atoms in total. The zero-order chi connectivity index (χ0) is 22.9. The highest BCUT2D eigenvalue weighted by Crippen LogP contribution is 2.31. The molecule has 0 aliphatic heterocycles. The van der Waals surface area contributed by atoms with Crippen LogP contribution in [0.3, 0.4) is 0 Å². The summed E-state index contributed by atoms with van der Waals surface area (Å²) in [6.45, 7) is 1.66. The van der Waals surface area contributed by atoms with Crippen LogP contribution in [0.15, 0.2) is 82.3 Å². The second-order valence-corrected chi connectivity index (χ2v) is 7.79. The number of nitrogens with two attached hydrogens (primary N) is 1. The van der Waals surface area contributed by atoms with E-state index in [0.717, 1.165) is 27.5 Å². The quantitative estimate of drug-likeness (QED) is 0.415. The molecule has 5 aromatic rings. The molecule has 0 aliphatic carbocycles. The smallest absolute Gasteiger partial charge is 0.277 e. The number of rotatable bonds is 6. The zero-order valence-corrected chi connectivity index (χ0v) is 17.9. The van der Waals surface area contributed by atoms with Crippen LogP contribution < -0.4 is 16.6 Å². The number of carbonyl (C=O) groups is 1. The number of pyridine rings is 1. The van der Waals surface area contributed by atoms with Gasteiger partial charge in [-0.2, -0.15) is 0 Å². The van der Waals surface area contributed by atoms with Crippen LogP contribution in [0.25, 0.3) is 33.5 Å².